The van der Waals surface area contributed by atoms with Crippen molar-refractivity contribution < 1.29 is 14.6 Å². The molecule has 0 aliphatic carbocycles. The molecule has 204 valence electrons. The number of pyridine rings is 1. The number of aromatic carboxylic acids is 1. The predicted octanol–water partition coefficient (Wildman–Crippen LogP) is 3.64. The Kier molecular flexibility index (Phi) is 6.41. The first kappa shape index (κ1) is 24.7. The summed E-state index contributed by atoms with van der Waals surface area (Å²) >= 11 is 0. The van der Waals surface area contributed by atoms with Gasteiger partial charge in [-0.25, -0.2) is 19.7 Å². The predicted molar refractivity (Wildman–Crippen MR) is 152 cm³/mol. The molecule has 10 heteroatoms. The number of nitrogens with zero attached hydrogens (tertiary/aromatic N) is 7. The van der Waals surface area contributed by atoms with E-state index < -0.39 is 5.97 Å². The molecule has 2 aromatic carbocycles. The van der Waals surface area contributed by atoms with Crippen molar-refractivity contribution in [2.45, 2.75) is 32.2 Å². The van der Waals surface area contributed by atoms with Crippen LogP contribution < -0.4 is 4.90 Å². The Labute approximate surface area is 231 Å². The van der Waals surface area contributed by atoms with Crippen molar-refractivity contribution in [3.8, 4) is 0 Å². The highest BCUT2D eigenvalue weighted by molar-refractivity contribution is 5.92. The summed E-state index contributed by atoms with van der Waals surface area (Å²) in [5.41, 5.74) is 4.97. The van der Waals surface area contributed by atoms with E-state index in [2.05, 4.69) is 60.3 Å². The van der Waals surface area contributed by atoms with Gasteiger partial charge in [-0.05, 0) is 42.3 Å². The van der Waals surface area contributed by atoms with Crippen molar-refractivity contribution in [3.63, 3.8) is 0 Å². The average Bonchev–Trinajstić information content (AvgIpc) is 3.51. The lowest BCUT2D eigenvalue weighted by atomic mass is 10.1. The third kappa shape index (κ3) is 4.80. The van der Waals surface area contributed by atoms with E-state index in [9.17, 15) is 9.90 Å². The van der Waals surface area contributed by atoms with E-state index >= 15 is 0 Å². The summed E-state index contributed by atoms with van der Waals surface area (Å²) in [4.78, 5) is 30.8. The van der Waals surface area contributed by atoms with Crippen molar-refractivity contribution in [1.82, 2.24) is 29.0 Å². The number of carboxylic acid groups (broad SMARTS) is 1. The van der Waals surface area contributed by atoms with Crippen LogP contribution in [-0.4, -0.2) is 79.0 Å². The lowest BCUT2D eigenvalue weighted by Crippen LogP contribution is -2.46. The maximum Gasteiger partial charge on any atom is 0.335 e. The molecule has 0 unspecified atom stereocenters. The van der Waals surface area contributed by atoms with Gasteiger partial charge in [-0.1, -0.05) is 30.3 Å². The molecule has 2 aliphatic heterocycles. The summed E-state index contributed by atoms with van der Waals surface area (Å²) in [7, 11) is 0. The first-order chi connectivity index (χ1) is 19.6. The Morgan fingerprint density at radius 1 is 0.950 bits per heavy atom. The van der Waals surface area contributed by atoms with E-state index in [1.165, 1.54) is 5.56 Å². The van der Waals surface area contributed by atoms with Crippen molar-refractivity contribution in [1.29, 1.82) is 0 Å². The number of benzene rings is 2. The topological polar surface area (TPSA) is 102 Å². The van der Waals surface area contributed by atoms with Crippen molar-refractivity contribution in [2.75, 3.05) is 37.7 Å². The van der Waals surface area contributed by atoms with Gasteiger partial charge in [0.15, 0.2) is 5.65 Å². The first-order valence-corrected chi connectivity index (χ1v) is 13.8. The van der Waals surface area contributed by atoms with Gasteiger partial charge in [0.2, 0.25) is 0 Å². The SMILES string of the molecule is O=C(O)c1ccc2nc(CN3CCN(c4ccc5ncn(Cc6ccccc6)c5n4)CC3)n(C[C@@H]3CCO3)c2c1. The Morgan fingerprint density at radius 2 is 1.75 bits per heavy atom. The molecule has 10 nitrogen and oxygen atoms in total. The molecule has 5 aromatic rings. The van der Waals surface area contributed by atoms with Gasteiger partial charge in [0.1, 0.15) is 17.2 Å². The van der Waals surface area contributed by atoms with Gasteiger partial charge >= 0.3 is 5.97 Å². The minimum absolute atomic E-state index is 0.151. The van der Waals surface area contributed by atoms with Crippen LogP contribution in [0.15, 0.2) is 67.0 Å². The number of carboxylic acids is 1. The highest BCUT2D eigenvalue weighted by Gasteiger charge is 2.25. The molecule has 2 aliphatic rings. The van der Waals surface area contributed by atoms with Crippen LogP contribution in [0.4, 0.5) is 5.82 Å². The van der Waals surface area contributed by atoms with Crippen LogP contribution in [-0.2, 0) is 24.4 Å². The van der Waals surface area contributed by atoms with E-state index in [0.29, 0.717) is 13.1 Å². The quantitative estimate of drug-likeness (QED) is 0.320. The number of rotatable bonds is 8. The number of hydrogen-bond acceptors (Lipinski definition) is 7. The molecular weight excluding hydrogens is 506 g/mol. The van der Waals surface area contributed by atoms with Gasteiger partial charge in [0.05, 0.1) is 48.7 Å². The third-order valence-corrected chi connectivity index (χ3v) is 7.96. The summed E-state index contributed by atoms with van der Waals surface area (Å²) in [6, 6.07) is 19.7. The second kappa shape index (κ2) is 10.4. The van der Waals surface area contributed by atoms with Crippen LogP contribution in [0.5, 0.6) is 0 Å². The lowest BCUT2D eigenvalue weighted by molar-refractivity contribution is -0.0592. The minimum Gasteiger partial charge on any atom is -0.478 e. The highest BCUT2D eigenvalue weighted by Crippen LogP contribution is 2.25. The molecule has 5 heterocycles. The van der Waals surface area contributed by atoms with Crippen LogP contribution in [0.1, 0.15) is 28.2 Å². The summed E-state index contributed by atoms with van der Waals surface area (Å²) in [6.07, 6.45) is 3.03. The monoisotopic (exact) mass is 537 g/mol. The number of piperazine rings is 1. The molecular formula is C30H31N7O3. The number of imidazole rings is 2. The Balaban J connectivity index is 1.07. The van der Waals surface area contributed by atoms with Crippen LogP contribution in [0, 0.1) is 0 Å². The summed E-state index contributed by atoms with van der Waals surface area (Å²) < 4.78 is 9.97. The molecule has 2 fully saturated rings. The smallest absolute Gasteiger partial charge is 0.335 e. The molecule has 0 bridgehead atoms. The van der Waals surface area contributed by atoms with E-state index in [1.54, 1.807) is 12.1 Å². The first-order valence-electron chi connectivity index (χ1n) is 13.8. The largest absolute Gasteiger partial charge is 0.478 e. The molecule has 40 heavy (non-hydrogen) atoms. The van der Waals surface area contributed by atoms with Gasteiger partial charge in [0, 0.05) is 32.8 Å². The maximum atomic E-state index is 11.6. The zero-order chi connectivity index (χ0) is 27.1. The number of hydrogen-bond donors (Lipinski definition) is 1. The molecule has 1 atom stereocenters. The second-order valence-electron chi connectivity index (χ2n) is 10.6. The van der Waals surface area contributed by atoms with Gasteiger partial charge < -0.3 is 23.9 Å². The Morgan fingerprint density at radius 3 is 2.50 bits per heavy atom. The fourth-order valence-electron chi connectivity index (χ4n) is 5.60. The third-order valence-electron chi connectivity index (χ3n) is 7.96. The molecule has 0 saturated carbocycles. The van der Waals surface area contributed by atoms with E-state index in [0.717, 1.165) is 79.6 Å². The lowest BCUT2D eigenvalue weighted by Gasteiger charge is -2.35. The number of anilines is 1. The fraction of sp³-hybridized carbons (Fsp3) is 0.333. The van der Waals surface area contributed by atoms with Crippen molar-refractivity contribution in [3.05, 3.63) is 83.9 Å². The molecule has 0 spiro atoms. The highest BCUT2D eigenvalue weighted by atomic mass is 16.5. The van der Waals surface area contributed by atoms with Gasteiger partial charge in [0.25, 0.3) is 0 Å². The molecule has 2 saturated heterocycles. The summed E-state index contributed by atoms with van der Waals surface area (Å²) in [5, 5.41) is 9.51. The summed E-state index contributed by atoms with van der Waals surface area (Å²) in [5.74, 6) is 0.991. The Hall–Kier alpha value is -4.28. The standard InChI is InChI=1S/C30H31N7O3/c38-30(39)22-6-7-24-26(16-22)37(18-23-10-15-40-23)28(32-24)19-34-11-13-35(14-12-34)27-9-8-25-29(33-27)36(20-31-25)17-21-4-2-1-3-5-21/h1-9,16,20,23H,10-15,17-19H2,(H,38,39)/t23-/m0/s1. The molecule has 3 aromatic heterocycles. The molecule has 0 radical (unpaired) electrons. The van der Waals surface area contributed by atoms with Crippen molar-refractivity contribution >= 4 is 34.0 Å². The molecule has 7 rings (SSSR count). The number of carbonyl (C=O) groups is 1. The van der Waals surface area contributed by atoms with Gasteiger partial charge in [-0.15, -0.1) is 0 Å². The molecule has 0 amide bonds. The van der Waals surface area contributed by atoms with E-state index in [1.807, 2.05) is 18.5 Å². The fourth-order valence-corrected chi connectivity index (χ4v) is 5.60. The van der Waals surface area contributed by atoms with E-state index in [-0.39, 0.29) is 11.7 Å². The summed E-state index contributed by atoms with van der Waals surface area (Å²) in [6.45, 7) is 6.40. The van der Waals surface area contributed by atoms with Gasteiger partial charge in [-0.2, -0.15) is 0 Å². The zero-order valence-electron chi connectivity index (χ0n) is 22.2. The van der Waals surface area contributed by atoms with Crippen molar-refractivity contribution in [2.24, 2.45) is 0 Å². The zero-order valence-corrected chi connectivity index (χ0v) is 22.2. The van der Waals surface area contributed by atoms with Crippen LogP contribution in [0.2, 0.25) is 0 Å². The minimum atomic E-state index is -0.929. The average molecular weight is 538 g/mol. The van der Waals surface area contributed by atoms with Crippen LogP contribution in [0.25, 0.3) is 22.2 Å². The molecule has 1 N–H and O–H groups in total. The van der Waals surface area contributed by atoms with Crippen LogP contribution in [0.3, 0.4) is 0 Å². The Bertz CT molecular complexity index is 1670. The second-order valence-corrected chi connectivity index (χ2v) is 10.6. The van der Waals surface area contributed by atoms with E-state index in [4.69, 9.17) is 14.7 Å². The number of ether oxygens (including phenoxy) is 1. The number of fused-ring (bicyclic) bond motifs is 2. The van der Waals surface area contributed by atoms with Crippen LogP contribution >= 0.6 is 0 Å². The normalized spacial score (nSPS) is 17.9. The maximum absolute atomic E-state index is 11.6. The number of aromatic nitrogens is 5. The van der Waals surface area contributed by atoms with Gasteiger partial charge in [-0.3, -0.25) is 4.90 Å².